The Balaban J connectivity index is 2.06. The minimum absolute atomic E-state index is 0.211. The van der Waals surface area contributed by atoms with E-state index in [2.05, 4.69) is 4.74 Å². The zero-order valence-electron chi connectivity index (χ0n) is 14.6. The zero-order chi connectivity index (χ0) is 18.9. The first-order valence-corrected chi connectivity index (χ1v) is 7.88. The van der Waals surface area contributed by atoms with Crippen molar-refractivity contribution >= 4 is 18.0 Å². The first-order chi connectivity index (χ1) is 12.5. The second-order valence-electron chi connectivity index (χ2n) is 5.43. The first kappa shape index (κ1) is 19.1. The summed E-state index contributed by atoms with van der Waals surface area (Å²) in [7, 11) is 2.92. The number of benzene rings is 2. The number of carbonyl (C=O) groups excluding carboxylic acids is 1. The van der Waals surface area contributed by atoms with E-state index in [0.29, 0.717) is 11.5 Å². The van der Waals surface area contributed by atoms with E-state index in [1.807, 2.05) is 6.07 Å². The van der Waals surface area contributed by atoms with Crippen molar-refractivity contribution in [2.45, 2.75) is 13.0 Å². The van der Waals surface area contributed by atoms with Crippen molar-refractivity contribution in [3.63, 3.8) is 0 Å². The molecule has 6 heteroatoms. The molecule has 6 nitrogen and oxygen atoms in total. The van der Waals surface area contributed by atoms with Crippen LogP contribution in [0, 0.1) is 0 Å². The van der Waals surface area contributed by atoms with Crippen LogP contribution in [0.4, 0.5) is 0 Å². The predicted octanol–water partition coefficient (Wildman–Crippen LogP) is 3.09. The molecule has 0 aliphatic carbocycles. The number of ether oxygens (including phenoxy) is 3. The Labute approximate surface area is 151 Å². The Bertz CT molecular complexity index is 792. The largest absolute Gasteiger partial charge is 0.496 e. The molecule has 0 fully saturated rings. The Morgan fingerprint density at radius 2 is 1.81 bits per heavy atom. The van der Waals surface area contributed by atoms with Crippen LogP contribution in [-0.2, 0) is 27.4 Å². The molecule has 0 aromatic heterocycles. The second-order valence-corrected chi connectivity index (χ2v) is 5.43. The van der Waals surface area contributed by atoms with Gasteiger partial charge in [-0.25, -0.2) is 4.79 Å². The summed E-state index contributed by atoms with van der Waals surface area (Å²) in [5, 5.41) is 8.72. The Kier molecular flexibility index (Phi) is 6.79. The SMILES string of the molecule is COC(=O)Cc1ccc(OCc2cc(C=CC(=O)O)ccc2OC)cc1. The molecule has 0 saturated heterocycles. The standard InChI is InChI=1S/C20H20O6/c1-24-18-9-5-14(6-10-19(21)22)11-16(18)13-26-17-7-3-15(4-8-17)12-20(23)25-2/h3-11H,12-13H2,1-2H3,(H,21,22). The van der Waals surface area contributed by atoms with Gasteiger partial charge in [-0.1, -0.05) is 18.2 Å². The van der Waals surface area contributed by atoms with Gasteiger partial charge in [0.25, 0.3) is 0 Å². The fraction of sp³-hybridized carbons (Fsp3) is 0.200. The highest BCUT2D eigenvalue weighted by molar-refractivity contribution is 5.85. The smallest absolute Gasteiger partial charge is 0.328 e. The van der Waals surface area contributed by atoms with Gasteiger partial charge < -0.3 is 19.3 Å². The van der Waals surface area contributed by atoms with E-state index in [0.717, 1.165) is 22.8 Å². The summed E-state index contributed by atoms with van der Waals surface area (Å²) in [5.41, 5.74) is 2.36. The molecule has 0 atom stereocenters. The van der Waals surface area contributed by atoms with Crippen LogP contribution in [-0.4, -0.2) is 31.3 Å². The summed E-state index contributed by atoms with van der Waals surface area (Å²) in [4.78, 5) is 21.9. The van der Waals surface area contributed by atoms with Gasteiger partial charge in [0.05, 0.1) is 20.6 Å². The number of rotatable bonds is 8. The third kappa shape index (κ3) is 5.66. The summed E-state index contributed by atoms with van der Waals surface area (Å²) in [5.74, 6) is -0.00719. The molecule has 0 unspecified atom stereocenters. The van der Waals surface area contributed by atoms with Crippen molar-refractivity contribution in [3.8, 4) is 11.5 Å². The van der Waals surface area contributed by atoms with E-state index in [-0.39, 0.29) is 19.0 Å². The molecular weight excluding hydrogens is 336 g/mol. The second kappa shape index (κ2) is 9.27. The topological polar surface area (TPSA) is 82.1 Å². The van der Waals surface area contributed by atoms with Gasteiger partial charge in [0.15, 0.2) is 0 Å². The maximum Gasteiger partial charge on any atom is 0.328 e. The Hall–Kier alpha value is -3.28. The van der Waals surface area contributed by atoms with Crippen LogP contribution < -0.4 is 9.47 Å². The van der Waals surface area contributed by atoms with Crippen molar-refractivity contribution in [2.24, 2.45) is 0 Å². The lowest BCUT2D eigenvalue weighted by atomic mass is 10.1. The molecule has 0 amide bonds. The highest BCUT2D eigenvalue weighted by Crippen LogP contribution is 2.23. The Morgan fingerprint density at radius 3 is 2.42 bits per heavy atom. The number of methoxy groups -OCH3 is 2. The lowest BCUT2D eigenvalue weighted by Crippen LogP contribution is -2.04. The van der Waals surface area contributed by atoms with Crippen molar-refractivity contribution in [3.05, 3.63) is 65.2 Å². The van der Waals surface area contributed by atoms with Gasteiger partial charge in [-0.2, -0.15) is 0 Å². The van der Waals surface area contributed by atoms with E-state index >= 15 is 0 Å². The molecule has 0 radical (unpaired) electrons. The lowest BCUT2D eigenvalue weighted by Gasteiger charge is -2.11. The van der Waals surface area contributed by atoms with Crippen molar-refractivity contribution in [1.29, 1.82) is 0 Å². The van der Waals surface area contributed by atoms with Gasteiger partial charge in [-0.15, -0.1) is 0 Å². The van der Waals surface area contributed by atoms with Crippen LogP contribution in [0.15, 0.2) is 48.5 Å². The average molecular weight is 356 g/mol. The van der Waals surface area contributed by atoms with Crippen LogP contribution in [0.1, 0.15) is 16.7 Å². The van der Waals surface area contributed by atoms with Gasteiger partial charge in [0.1, 0.15) is 18.1 Å². The molecular formula is C20H20O6. The first-order valence-electron chi connectivity index (χ1n) is 7.88. The summed E-state index contributed by atoms with van der Waals surface area (Å²) < 4.78 is 15.7. The quantitative estimate of drug-likeness (QED) is 0.578. The number of carboxylic acid groups (broad SMARTS) is 1. The van der Waals surface area contributed by atoms with Crippen LogP contribution >= 0.6 is 0 Å². The lowest BCUT2D eigenvalue weighted by molar-refractivity contribution is -0.139. The number of carboxylic acids is 1. The highest BCUT2D eigenvalue weighted by atomic mass is 16.5. The van der Waals surface area contributed by atoms with Crippen molar-refractivity contribution in [2.75, 3.05) is 14.2 Å². The van der Waals surface area contributed by atoms with Crippen molar-refractivity contribution < 1.29 is 28.9 Å². The minimum Gasteiger partial charge on any atom is -0.496 e. The molecule has 0 spiro atoms. The molecule has 0 heterocycles. The number of aliphatic carboxylic acids is 1. The molecule has 0 aliphatic heterocycles. The molecule has 26 heavy (non-hydrogen) atoms. The van der Waals surface area contributed by atoms with Crippen LogP contribution in [0.5, 0.6) is 11.5 Å². The van der Waals surface area contributed by atoms with Crippen LogP contribution in [0.25, 0.3) is 6.08 Å². The molecule has 2 aromatic carbocycles. The molecule has 2 rings (SSSR count). The average Bonchev–Trinajstić information content (AvgIpc) is 2.65. The molecule has 136 valence electrons. The van der Waals surface area contributed by atoms with E-state index in [1.54, 1.807) is 43.5 Å². The maximum atomic E-state index is 11.3. The van der Waals surface area contributed by atoms with Crippen LogP contribution in [0.3, 0.4) is 0 Å². The normalized spacial score (nSPS) is 10.5. The van der Waals surface area contributed by atoms with Crippen LogP contribution in [0.2, 0.25) is 0 Å². The third-order valence-corrected chi connectivity index (χ3v) is 3.62. The number of esters is 1. The summed E-state index contributed by atoms with van der Waals surface area (Å²) in [6, 6.07) is 12.5. The molecule has 0 aliphatic rings. The van der Waals surface area contributed by atoms with Gasteiger partial charge >= 0.3 is 11.9 Å². The van der Waals surface area contributed by atoms with Gasteiger partial charge in [0.2, 0.25) is 0 Å². The summed E-state index contributed by atoms with van der Waals surface area (Å²) in [6.07, 6.45) is 2.79. The Morgan fingerprint density at radius 1 is 1.08 bits per heavy atom. The van der Waals surface area contributed by atoms with Crippen molar-refractivity contribution in [1.82, 2.24) is 0 Å². The minimum atomic E-state index is -1.01. The fourth-order valence-corrected chi connectivity index (χ4v) is 2.29. The van der Waals surface area contributed by atoms with E-state index in [4.69, 9.17) is 14.6 Å². The molecule has 0 saturated carbocycles. The van der Waals surface area contributed by atoms with Gasteiger partial charge in [-0.3, -0.25) is 4.79 Å². The number of carbonyl (C=O) groups is 2. The van der Waals surface area contributed by atoms with E-state index in [1.165, 1.54) is 13.2 Å². The number of hydrogen-bond acceptors (Lipinski definition) is 5. The van der Waals surface area contributed by atoms with E-state index < -0.39 is 5.97 Å². The van der Waals surface area contributed by atoms with Gasteiger partial charge in [-0.05, 0) is 41.5 Å². The maximum absolute atomic E-state index is 11.3. The summed E-state index contributed by atoms with van der Waals surface area (Å²) >= 11 is 0. The molecule has 0 bridgehead atoms. The summed E-state index contributed by atoms with van der Waals surface area (Å²) in [6.45, 7) is 0.258. The number of hydrogen-bond donors (Lipinski definition) is 1. The predicted molar refractivity (Wildman–Crippen MR) is 96.2 cm³/mol. The third-order valence-electron chi connectivity index (χ3n) is 3.62. The highest BCUT2D eigenvalue weighted by Gasteiger charge is 2.06. The monoisotopic (exact) mass is 356 g/mol. The van der Waals surface area contributed by atoms with Gasteiger partial charge in [0, 0.05) is 11.6 Å². The van der Waals surface area contributed by atoms with E-state index in [9.17, 15) is 9.59 Å². The fourth-order valence-electron chi connectivity index (χ4n) is 2.29. The zero-order valence-corrected chi connectivity index (χ0v) is 14.6. The molecule has 1 N–H and O–H groups in total. The molecule has 2 aromatic rings.